The first kappa shape index (κ1) is 23.6. The van der Waals surface area contributed by atoms with Gasteiger partial charge in [0.1, 0.15) is 17.5 Å². The second-order valence-electron chi connectivity index (χ2n) is 8.44. The van der Waals surface area contributed by atoms with Crippen LogP contribution >= 0.6 is 0 Å². The third-order valence-electron chi connectivity index (χ3n) is 5.89. The number of carbonyl (C=O) groups excluding carboxylic acids is 1. The molecule has 1 N–H and O–H groups in total. The summed E-state index contributed by atoms with van der Waals surface area (Å²) in [5, 5.41) is 2.87. The van der Waals surface area contributed by atoms with Crippen molar-refractivity contribution in [3.05, 3.63) is 83.2 Å². The molecule has 1 aliphatic heterocycles. The molecule has 1 amide bonds. The quantitative estimate of drug-likeness (QED) is 0.522. The number of hydrogen-bond donors (Lipinski definition) is 1. The average Bonchev–Trinajstić information content (AvgIpc) is 2.87. The highest BCUT2D eigenvalue weighted by atomic mass is 16.5. The van der Waals surface area contributed by atoms with Crippen molar-refractivity contribution >= 4 is 5.91 Å². The number of aromatic nitrogens is 1. The number of amides is 1. The third kappa shape index (κ3) is 5.85. The lowest BCUT2D eigenvalue weighted by molar-refractivity contribution is 0.0927. The molecule has 0 radical (unpaired) electrons. The summed E-state index contributed by atoms with van der Waals surface area (Å²) in [6, 6.07) is 17.6. The topological polar surface area (TPSA) is 72.9 Å². The van der Waals surface area contributed by atoms with Crippen LogP contribution < -0.4 is 19.5 Å². The van der Waals surface area contributed by atoms with E-state index < -0.39 is 0 Å². The van der Waals surface area contributed by atoms with Crippen LogP contribution in [0.4, 0.5) is 0 Å². The van der Waals surface area contributed by atoms with Gasteiger partial charge in [-0.05, 0) is 66.4 Å². The number of ether oxygens (including phenoxy) is 3. The van der Waals surface area contributed by atoms with Gasteiger partial charge in [-0.1, -0.05) is 18.2 Å². The van der Waals surface area contributed by atoms with Crippen molar-refractivity contribution in [2.45, 2.75) is 32.5 Å². The predicted molar refractivity (Wildman–Crippen MR) is 130 cm³/mol. The van der Waals surface area contributed by atoms with Crippen molar-refractivity contribution < 1.29 is 19.0 Å². The molecule has 0 spiro atoms. The van der Waals surface area contributed by atoms with Crippen molar-refractivity contribution in [2.75, 3.05) is 27.3 Å². The monoisotopic (exact) mass is 461 g/mol. The molecule has 0 saturated heterocycles. The number of hydrogen-bond acceptors (Lipinski definition) is 6. The van der Waals surface area contributed by atoms with Gasteiger partial charge in [0, 0.05) is 25.8 Å². The van der Waals surface area contributed by atoms with E-state index in [0.29, 0.717) is 12.2 Å². The van der Waals surface area contributed by atoms with Crippen molar-refractivity contribution in [1.82, 2.24) is 15.2 Å². The summed E-state index contributed by atoms with van der Waals surface area (Å²) in [4.78, 5) is 18.7. The number of nitrogens with zero attached hydrogens (tertiary/aromatic N) is 2. The summed E-state index contributed by atoms with van der Waals surface area (Å²) in [5.74, 6) is 2.14. The molecule has 1 aromatic heterocycles. The number of fused-ring (bicyclic) bond motifs is 1. The van der Waals surface area contributed by atoms with Gasteiger partial charge in [-0.2, -0.15) is 0 Å². The highest BCUT2D eigenvalue weighted by molar-refractivity contribution is 5.92. The largest absolute Gasteiger partial charge is 0.493 e. The lowest BCUT2D eigenvalue weighted by atomic mass is 9.98. The number of carbonyl (C=O) groups is 1. The minimum atomic E-state index is -0.204. The van der Waals surface area contributed by atoms with Gasteiger partial charge in [-0.15, -0.1) is 0 Å². The molecule has 3 aromatic rings. The Morgan fingerprint density at radius 3 is 2.59 bits per heavy atom. The zero-order chi connectivity index (χ0) is 23.9. The maximum atomic E-state index is 12.2. The molecule has 0 bridgehead atoms. The van der Waals surface area contributed by atoms with Crippen LogP contribution in [0, 0.1) is 0 Å². The molecule has 0 saturated carbocycles. The summed E-state index contributed by atoms with van der Waals surface area (Å²) in [6.07, 6.45) is 2.40. The molecule has 2 aromatic carbocycles. The van der Waals surface area contributed by atoms with Crippen molar-refractivity contribution in [3.63, 3.8) is 0 Å². The second kappa shape index (κ2) is 11.0. The number of nitrogens with one attached hydrogen (secondary N) is 1. The minimum Gasteiger partial charge on any atom is -0.493 e. The molecule has 178 valence electrons. The smallest absolute Gasteiger partial charge is 0.270 e. The Morgan fingerprint density at radius 2 is 1.85 bits per heavy atom. The van der Waals surface area contributed by atoms with Crippen LogP contribution in [0.5, 0.6) is 17.2 Å². The van der Waals surface area contributed by atoms with Crippen LogP contribution in [-0.2, 0) is 19.5 Å². The summed E-state index contributed by atoms with van der Waals surface area (Å²) < 4.78 is 17.0. The molecule has 0 unspecified atom stereocenters. The number of rotatable bonds is 9. The van der Waals surface area contributed by atoms with Gasteiger partial charge in [-0.25, -0.2) is 0 Å². The van der Waals surface area contributed by atoms with E-state index in [1.807, 2.05) is 19.1 Å². The van der Waals surface area contributed by atoms with E-state index >= 15 is 0 Å². The fourth-order valence-corrected chi connectivity index (χ4v) is 4.15. The van der Waals surface area contributed by atoms with Crippen LogP contribution in [0.2, 0.25) is 0 Å². The van der Waals surface area contributed by atoms with E-state index in [1.165, 1.54) is 16.7 Å². The molecule has 0 aliphatic carbocycles. The van der Waals surface area contributed by atoms with Crippen LogP contribution in [0.15, 0.2) is 60.8 Å². The van der Waals surface area contributed by atoms with E-state index in [0.717, 1.165) is 43.3 Å². The van der Waals surface area contributed by atoms with E-state index in [1.54, 1.807) is 38.6 Å². The Bertz CT molecular complexity index is 1120. The summed E-state index contributed by atoms with van der Waals surface area (Å²) >= 11 is 0. The minimum absolute atomic E-state index is 0.174. The van der Waals surface area contributed by atoms with Crippen molar-refractivity contribution in [3.8, 4) is 17.2 Å². The summed E-state index contributed by atoms with van der Waals surface area (Å²) in [5.41, 5.74) is 4.17. The SMILES string of the molecule is COc1cc2c(cc1OC)CN(Cc1cccc(O[C@H](C)CNC(=O)c3ccccn3)c1)CC2. The number of methoxy groups -OCH3 is 2. The Balaban J connectivity index is 1.33. The molecular formula is C27H31N3O4. The number of pyridine rings is 1. The van der Waals surface area contributed by atoms with Gasteiger partial charge in [0.05, 0.1) is 20.8 Å². The van der Waals surface area contributed by atoms with E-state index in [4.69, 9.17) is 14.2 Å². The van der Waals surface area contributed by atoms with Gasteiger partial charge >= 0.3 is 0 Å². The molecule has 7 heteroatoms. The van der Waals surface area contributed by atoms with E-state index in [2.05, 4.69) is 39.5 Å². The van der Waals surface area contributed by atoms with Crippen LogP contribution in [0.3, 0.4) is 0 Å². The first-order valence-corrected chi connectivity index (χ1v) is 11.5. The predicted octanol–water partition coefficient (Wildman–Crippen LogP) is 3.85. The second-order valence-corrected chi connectivity index (χ2v) is 8.44. The van der Waals surface area contributed by atoms with Crippen LogP contribution in [0.25, 0.3) is 0 Å². The molecular weight excluding hydrogens is 430 g/mol. The molecule has 2 heterocycles. The Morgan fingerprint density at radius 1 is 1.06 bits per heavy atom. The van der Waals surface area contributed by atoms with Crippen molar-refractivity contribution in [2.24, 2.45) is 0 Å². The van der Waals surface area contributed by atoms with Gasteiger partial charge in [0.15, 0.2) is 11.5 Å². The highest BCUT2D eigenvalue weighted by Gasteiger charge is 2.20. The average molecular weight is 462 g/mol. The summed E-state index contributed by atoms with van der Waals surface area (Å²) in [7, 11) is 3.34. The number of benzene rings is 2. The van der Waals surface area contributed by atoms with Gasteiger partial charge in [0.25, 0.3) is 5.91 Å². The normalized spacial score (nSPS) is 14.1. The van der Waals surface area contributed by atoms with Gasteiger partial charge < -0.3 is 19.5 Å². The fourth-order valence-electron chi connectivity index (χ4n) is 4.15. The first-order chi connectivity index (χ1) is 16.6. The lowest BCUT2D eigenvalue weighted by Crippen LogP contribution is -2.34. The zero-order valence-corrected chi connectivity index (χ0v) is 19.9. The van der Waals surface area contributed by atoms with E-state index in [9.17, 15) is 4.79 Å². The maximum absolute atomic E-state index is 12.2. The standard InChI is InChI=1S/C27H31N3O4/c1-19(16-29-27(31)24-9-4-5-11-28-24)34-23-8-6-7-20(13-23)17-30-12-10-21-14-25(32-2)26(33-3)15-22(21)18-30/h4-9,11,13-15,19H,10,12,16-18H2,1-3H3,(H,29,31)/t19-/m1/s1. The Kier molecular flexibility index (Phi) is 7.65. The first-order valence-electron chi connectivity index (χ1n) is 11.5. The van der Waals surface area contributed by atoms with Gasteiger partial charge in [0.2, 0.25) is 0 Å². The lowest BCUT2D eigenvalue weighted by Gasteiger charge is -2.29. The molecule has 1 aliphatic rings. The van der Waals surface area contributed by atoms with Crippen LogP contribution in [0.1, 0.15) is 34.1 Å². The highest BCUT2D eigenvalue weighted by Crippen LogP contribution is 2.33. The zero-order valence-electron chi connectivity index (χ0n) is 19.9. The molecule has 4 rings (SSSR count). The Hall–Kier alpha value is -3.58. The maximum Gasteiger partial charge on any atom is 0.270 e. The summed E-state index contributed by atoms with van der Waals surface area (Å²) in [6.45, 7) is 5.00. The Labute approximate surface area is 200 Å². The molecule has 0 fully saturated rings. The molecule has 7 nitrogen and oxygen atoms in total. The van der Waals surface area contributed by atoms with Crippen LogP contribution in [-0.4, -0.2) is 49.2 Å². The third-order valence-corrected chi connectivity index (χ3v) is 5.89. The molecule has 34 heavy (non-hydrogen) atoms. The van der Waals surface area contributed by atoms with Gasteiger partial charge in [-0.3, -0.25) is 14.7 Å². The molecule has 1 atom stereocenters. The van der Waals surface area contributed by atoms with Crippen molar-refractivity contribution in [1.29, 1.82) is 0 Å². The van der Waals surface area contributed by atoms with E-state index in [-0.39, 0.29) is 12.0 Å². The fraction of sp³-hybridized carbons (Fsp3) is 0.333.